The molecule has 0 unspecified atom stereocenters. The molecule has 0 bridgehead atoms. The Morgan fingerprint density at radius 1 is 0.774 bits per heavy atom. The molecule has 5 heteroatoms. The van der Waals surface area contributed by atoms with Gasteiger partial charge in [0, 0.05) is 12.8 Å². The Kier molecular flexibility index (Phi) is 9.44. The first-order valence-electron chi connectivity index (χ1n) is 10.8. The maximum atomic E-state index is 12.0. The Hall–Kier alpha value is -2.95. The smallest absolute Gasteiger partial charge is 0.374 e. The number of unbranched alkanes of at least 4 members (excludes halogenated alkanes) is 1. The third kappa shape index (κ3) is 9.60. The van der Waals surface area contributed by atoms with Crippen molar-refractivity contribution in [3.05, 3.63) is 60.2 Å². The van der Waals surface area contributed by atoms with Crippen LogP contribution in [0.5, 0.6) is 0 Å². The molecule has 166 valence electrons. The lowest BCUT2D eigenvalue weighted by molar-refractivity contribution is -0.155. The Labute approximate surface area is 184 Å². The number of hydrogen-bond donors (Lipinski definition) is 0. The van der Waals surface area contributed by atoms with Gasteiger partial charge in [-0.1, -0.05) is 54.6 Å². The largest absolute Gasteiger partial charge is 0.460 e. The number of carbonyl (C=O) groups is 3. The SMILES string of the molecule is CC(C)(C)OC(=O)CCCCOC(=O)C(=O)CCCc1ccc(-c2ccccc2)cc1. The molecule has 0 amide bonds. The van der Waals surface area contributed by atoms with Gasteiger partial charge in [-0.3, -0.25) is 9.59 Å². The van der Waals surface area contributed by atoms with Crippen molar-refractivity contribution in [3.63, 3.8) is 0 Å². The summed E-state index contributed by atoms with van der Waals surface area (Å²) in [6.07, 6.45) is 2.83. The van der Waals surface area contributed by atoms with E-state index in [0.717, 1.165) is 23.1 Å². The van der Waals surface area contributed by atoms with E-state index < -0.39 is 17.4 Å². The van der Waals surface area contributed by atoms with Crippen LogP contribution in [-0.2, 0) is 30.3 Å². The maximum absolute atomic E-state index is 12.0. The first-order valence-corrected chi connectivity index (χ1v) is 10.8. The summed E-state index contributed by atoms with van der Waals surface area (Å²) in [5.41, 5.74) is 2.94. The van der Waals surface area contributed by atoms with Gasteiger partial charge in [-0.05, 0) is 63.1 Å². The highest BCUT2D eigenvalue weighted by Crippen LogP contribution is 2.20. The molecule has 5 nitrogen and oxygen atoms in total. The van der Waals surface area contributed by atoms with Crippen molar-refractivity contribution < 1.29 is 23.9 Å². The molecule has 2 aromatic rings. The number of benzene rings is 2. The molecule has 0 spiro atoms. The molecule has 0 aromatic heterocycles. The van der Waals surface area contributed by atoms with Crippen LogP contribution in [0.15, 0.2) is 54.6 Å². The van der Waals surface area contributed by atoms with E-state index in [-0.39, 0.29) is 25.4 Å². The van der Waals surface area contributed by atoms with Crippen LogP contribution in [0.4, 0.5) is 0 Å². The van der Waals surface area contributed by atoms with Crippen LogP contribution in [0, 0.1) is 0 Å². The first kappa shape index (κ1) is 24.3. The van der Waals surface area contributed by atoms with E-state index in [4.69, 9.17) is 9.47 Å². The molecule has 0 atom stereocenters. The summed E-state index contributed by atoms with van der Waals surface area (Å²) >= 11 is 0. The van der Waals surface area contributed by atoms with Gasteiger partial charge in [0.25, 0.3) is 0 Å². The van der Waals surface area contributed by atoms with Gasteiger partial charge in [0.1, 0.15) is 5.60 Å². The van der Waals surface area contributed by atoms with E-state index in [1.807, 2.05) is 39.0 Å². The Bertz CT molecular complexity index is 848. The molecule has 0 saturated carbocycles. The molecule has 2 rings (SSSR count). The fraction of sp³-hybridized carbons (Fsp3) is 0.423. The second-order valence-corrected chi connectivity index (χ2v) is 8.52. The molecule has 0 aliphatic carbocycles. The van der Waals surface area contributed by atoms with Gasteiger partial charge in [0.2, 0.25) is 5.78 Å². The van der Waals surface area contributed by atoms with Crippen LogP contribution >= 0.6 is 0 Å². The second-order valence-electron chi connectivity index (χ2n) is 8.52. The highest BCUT2D eigenvalue weighted by atomic mass is 16.6. The predicted octanol–water partition coefficient (Wildman–Crippen LogP) is 5.30. The van der Waals surface area contributed by atoms with Crippen molar-refractivity contribution in [2.75, 3.05) is 6.61 Å². The van der Waals surface area contributed by atoms with Gasteiger partial charge in [-0.2, -0.15) is 0 Å². The van der Waals surface area contributed by atoms with Crippen LogP contribution in [-0.4, -0.2) is 29.9 Å². The molecule has 31 heavy (non-hydrogen) atoms. The van der Waals surface area contributed by atoms with E-state index in [0.29, 0.717) is 19.3 Å². The van der Waals surface area contributed by atoms with Crippen LogP contribution in [0.1, 0.15) is 58.4 Å². The standard InChI is InChI=1S/C26H32O5/c1-26(2,3)31-24(28)14-7-8-19-30-25(29)23(27)13-9-10-20-15-17-22(18-16-20)21-11-5-4-6-12-21/h4-6,11-12,15-18H,7-10,13-14,19H2,1-3H3. The van der Waals surface area contributed by atoms with Gasteiger partial charge in [-0.15, -0.1) is 0 Å². The molecule has 0 radical (unpaired) electrons. The van der Waals surface area contributed by atoms with Gasteiger partial charge < -0.3 is 9.47 Å². The Morgan fingerprint density at radius 2 is 1.42 bits per heavy atom. The minimum Gasteiger partial charge on any atom is -0.460 e. The quantitative estimate of drug-likeness (QED) is 0.278. The minimum absolute atomic E-state index is 0.133. The van der Waals surface area contributed by atoms with Crippen molar-refractivity contribution in [1.82, 2.24) is 0 Å². The third-order valence-electron chi connectivity index (χ3n) is 4.59. The number of rotatable bonds is 11. The monoisotopic (exact) mass is 424 g/mol. The Morgan fingerprint density at radius 3 is 2.06 bits per heavy atom. The lowest BCUT2D eigenvalue weighted by Crippen LogP contribution is -2.23. The highest BCUT2D eigenvalue weighted by Gasteiger charge is 2.17. The molecule has 0 fully saturated rings. The molecule has 0 heterocycles. The second kappa shape index (κ2) is 12.0. The van der Waals surface area contributed by atoms with Crippen molar-refractivity contribution in [2.24, 2.45) is 0 Å². The van der Waals surface area contributed by atoms with Crippen molar-refractivity contribution in [2.45, 2.75) is 64.9 Å². The van der Waals surface area contributed by atoms with Crippen LogP contribution < -0.4 is 0 Å². The fourth-order valence-corrected chi connectivity index (χ4v) is 3.06. The van der Waals surface area contributed by atoms with Gasteiger partial charge in [0.05, 0.1) is 6.61 Å². The van der Waals surface area contributed by atoms with Gasteiger partial charge in [-0.25, -0.2) is 4.79 Å². The molecular formula is C26H32O5. The predicted molar refractivity (Wildman–Crippen MR) is 120 cm³/mol. The minimum atomic E-state index is -0.795. The van der Waals surface area contributed by atoms with Crippen molar-refractivity contribution in [3.8, 4) is 11.1 Å². The molecule has 0 N–H and O–H groups in total. The van der Waals surface area contributed by atoms with E-state index >= 15 is 0 Å². The average Bonchev–Trinajstić information content (AvgIpc) is 2.73. The number of aryl methyl sites for hydroxylation is 1. The number of carbonyl (C=O) groups excluding carboxylic acids is 3. The molecule has 0 aliphatic heterocycles. The highest BCUT2D eigenvalue weighted by molar-refractivity contribution is 6.33. The Balaban J connectivity index is 1.60. The van der Waals surface area contributed by atoms with Crippen LogP contribution in [0.25, 0.3) is 11.1 Å². The molecule has 2 aromatic carbocycles. The summed E-state index contributed by atoms with van der Waals surface area (Å²) in [6.45, 7) is 5.59. The summed E-state index contributed by atoms with van der Waals surface area (Å²) < 4.78 is 10.2. The summed E-state index contributed by atoms with van der Waals surface area (Å²) in [7, 11) is 0. The van der Waals surface area contributed by atoms with Gasteiger partial charge in [0.15, 0.2) is 0 Å². The lowest BCUT2D eigenvalue weighted by Gasteiger charge is -2.19. The zero-order chi connectivity index (χ0) is 22.7. The normalized spacial score (nSPS) is 11.1. The maximum Gasteiger partial charge on any atom is 0.374 e. The number of esters is 2. The number of hydrogen-bond acceptors (Lipinski definition) is 5. The molecular weight excluding hydrogens is 392 g/mol. The zero-order valence-corrected chi connectivity index (χ0v) is 18.7. The molecule has 0 aliphatic rings. The summed E-state index contributed by atoms with van der Waals surface area (Å²) in [4.78, 5) is 35.4. The average molecular weight is 425 g/mol. The number of Topliss-reactive ketones (excluding diaryl/α,β-unsaturated/α-hetero) is 1. The summed E-state index contributed by atoms with van der Waals surface area (Å²) in [5.74, 6) is -1.57. The van der Waals surface area contributed by atoms with Crippen molar-refractivity contribution in [1.29, 1.82) is 0 Å². The fourth-order valence-electron chi connectivity index (χ4n) is 3.06. The zero-order valence-electron chi connectivity index (χ0n) is 18.7. The lowest BCUT2D eigenvalue weighted by atomic mass is 10.0. The summed E-state index contributed by atoms with van der Waals surface area (Å²) in [6, 6.07) is 18.4. The first-order chi connectivity index (χ1) is 14.7. The van der Waals surface area contributed by atoms with E-state index in [9.17, 15) is 14.4 Å². The third-order valence-corrected chi connectivity index (χ3v) is 4.59. The van der Waals surface area contributed by atoms with Crippen LogP contribution in [0.2, 0.25) is 0 Å². The van der Waals surface area contributed by atoms with E-state index in [2.05, 4.69) is 36.4 Å². The number of ether oxygens (including phenoxy) is 2. The molecule has 0 saturated heterocycles. The van der Waals surface area contributed by atoms with E-state index in [1.165, 1.54) is 0 Å². The van der Waals surface area contributed by atoms with Crippen molar-refractivity contribution >= 4 is 17.7 Å². The van der Waals surface area contributed by atoms with Gasteiger partial charge >= 0.3 is 11.9 Å². The summed E-state index contributed by atoms with van der Waals surface area (Å²) in [5, 5.41) is 0. The van der Waals surface area contributed by atoms with Crippen LogP contribution in [0.3, 0.4) is 0 Å². The van der Waals surface area contributed by atoms with E-state index in [1.54, 1.807) is 0 Å². The number of ketones is 1. The topological polar surface area (TPSA) is 69.7 Å².